The first-order valence-electron chi connectivity index (χ1n) is 8.08. The molecule has 0 aliphatic heterocycles. The molecule has 0 aliphatic rings. The smallest absolute Gasteiger partial charge is 0.375 e. The number of carbonyl (C=O) groups excluding carboxylic acids is 1. The van der Waals surface area contributed by atoms with Gasteiger partial charge in [-0.2, -0.15) is 0 Å². The average Bonchev–Trinajstić information content (AvgIpc) is 3.35. The van der Waals surface area contributed by atoms with Gasteiger partial charge in [0.25, 0.3) is 5.56 Å². The quantitative estimate of drug-likeness (QED) is 0.476. The standard InChI is InChI=1S/C19H14N2O5S/c22-16-10-14(20-19-21(16)7-9-27-19)12-26-18(23)17-13(6-8-24-17)11-25-15-4-2-1-3-5-15/h1-10H,11-12H2. The van der Waals surface area contributed by atoms with Crippen LogP contribution in [0, 0.1) is 0 Å². The van der Waals surface area contributed by atoms with Crippen molar-refractivity contribution < 1.29 is 18.7 Å². The summed E-state index contributed by atoms with van der Waals surface area (Å²) in [7, 11) is 0. The lowest BCUT2D eigenvalue weighted by Gasteiger charge is -2.07. The average molecular weight is 382 g/mol. The highest BCUT2D eigenvalue weighted by atomic mass is 32.1. The molecule has 0 saturated heterocycles. The summed E-state index contributed by atoms with van der Waals surface area (Å²) in [5, 5.41) is 1.77. The first-order chi connectivity index (χ1) is 13.2. The molecule has 8 heteroatoms. The van der Waals surface area contributed by atoms with Gasteiger partial charge in [-0.1, -0.05) is 18.2 Å². The van der Waals surface area contributed by atoms with Crippen molar-refractivity contribution in [1.82, 2.24) is 9.38 Å². The lowest BCUT2D eigenvalue weighted by atomic mass is 10.2. The fourth-order valence-corrected chi connectivity index (χ4v) is 3.21. The number of ether oxygens (including phenoxy) is 2. The number of hydrogen-bond donors (Lipinski definition) is 0. The van der Waals surface area contributed by atoms with E-state index in [0.717, 1.165) is 0 Å². The van der Waals surface area contributed by atoms with E-state index in [4.69, 9.17) is 13.9 Å². The summed E-state index contributed by atoms with van der Waals surface area (Å²) in [6, 6.07) is 12.3. The molecule has 7 nitrogen and oxygen atoms in total. The predicted molar refractivity (Wildman–Crippen MR) is 97.9 cm³/mol. The van der Waals surface area contributed by atoms with Crippen LogP contribution in [0.3, 0.4) is 0 Å². The Kier molecular flexibility index (Phi) is 4.71. The highest BCUT2D eigenvalue weighted by Crippen LogP contribution is 2.17. The van der Waals surface area contributed by atoms with Crippen LogP contribution in [0.4, 0.5) is 0 Å². The number of fused-ring (bicyclic) bond motifs is 1. The molecule has 136 valence electrons. The molecule has 0 N–H and O–H groups in total. The van der Waals surface area contributed by atoms with E-state index in [-0.39, 0.29) is 24.5 Å². The summed E-state index contributed by atoms with van der Waals surface area (Å²) in [6.45, 7) is 0.0495. The van der Waals surface area contributed by atoms with Crippen LogP contribution in [0.2, 0.25) is 0 Å². The molecular weight excluding hydrogens is 368 g/mol. The van der Waals surface area contributed by atoms with Crippen molar-refractivity contribution in [2.45, 2.75) is 13.2 Å². The molecule has 0 spiro atoms. The minimum atomic E-state index is -0.639. The van der Waals surface area contributed by atoms with Crippen molar-refractivity contribution in [2.75, 3.05) is 0 Å². The van der Waals surface area contributed by atoms with Gasteiger partial charge in [0.15, 0.2) is 4.96 Å². The number of hydrogen-bond acceptors (Lipinski definition) is 7. The van der Waals surface area contributed by atoms with Gasteiger partial charge >= 0.3 is 5.97 Å². The fraction of sp³-hybridized carbons (Fsp3) is 0.105. The van der Waals surface area contributed by atoms with Crippen molar-refractivity contribution in [1.29, 1.82) is 0 Å². The third-order valence-corrected chi connectivity index (χ3v) is 4.53. The number of rotatable bonds is 6. The Morgan fingerprint density at radius 1 is 1.19 bits per heavy atom. The molecule has 0 fully saturated rings. The minimum absolute atomic E-state index is 0.0693. The second kappa shape index (κ2) is 7.46. The predicted octanol–water partition coefficient (Wildman–Crippen LogP) is 3.29. The third kappa shape index (κ3) is 3.75. The maximum Gasteiger partial charge on any atom is 0.375 e. The number of furan rings is 1. The Balaban J connectivity index is 1.42. The molecule has 4 rings (SSSR count). The Bertz CT molecular complexity index is 1130. The van der Waals surface area contributed by atoms with Gasteiger partial charge in [0.1, 0.15) is 19.0 Å². The Morgan fingerprint density at radius 3 is 2.89 bits per heavy atom. The Morgan fingerprint density at radius 2 is 2.04 bits per heavy atom. The first-order valence-corrected chi connectivity index (χ1v) is 8.96. The largest absolute Gasteiger partial charge is 0.489 e. The topological polar surface area (TPSA) is 83.0 Å². The van der Waals surface area contributed by atoms with E-state index in [0.29, 0.717) is 22.0 Å². The summed E-state index contributed by atoms with van der Waals surface area (Å²) in [5.74, 6) is 0.117. The second-order valence-electron chi connectivity index (χ2n) is 5.59. The summed E-state index contributed by atoms with van der Waals surface area (Å²) < 4.78 is 17.6. The second-order valence-corrected chi connectivity index (χ2v) is 6.47. The summed E-state index contributed by atoms with van der Waals surface area (Å²) >= 11 is 1.33. The van der Waals surface area contributed by atoms with Crippen molar-refractivity contribution in [3.8, 4) is 5.75 Å². The van der Waals surface area contributed by atoms with Gasteiger partial charge in [0, 0.05) is 23.2 Å². The number of thiazole rings is 1. The molecule has 27 heavy (non-hydrogen) atoms. The van der Waals surface area contributed by atoms with E-state index in [1.54, 1.807) is 17.6 Å². The minimum Gasteiger partial charge on any atom is -0.489 e. The molecule has 0 aliphatic carbocycles. The Hall–Kier alpha value is -3.39. The molecule has 3 aromatic heterocycles. The molecule has 0 atom stereocenters. The molecule has 3 heterocycles. The highest BCUT2D eigenvalue weighted by molar-refractivity contribution is 7.15. The molecule has 0 amide bonds. The number of esters is 1. The molecule has 1 aromatic carbocycles. The summed E-state index contributed by atoms with van der Waals surface area (Å²) in [6.07, 6.45) is 3.05. The monoisotopic (exact) mass is 382 g/mol. The maximum atomic E-state index is 12.3. The van der Waals surface area contributed by atoms with E-state index in [9.17, 15) is 9.59 Å². The van der Waals surface area contributed by atoms with E-state index in [2.05, 4.69) is 4.98 Å². The number of nitrogens with zero attached hydrogens (tertiary/aromatic N) is 2. The number of benzene rings is 1. The zero-order chi connectivity index (χ0) is 18.6. The van der Waals surface area contributed by atoms with Crippen LogP contribution in [-0.2, 0) is 18.0 Å². The number of para-hydroxylation sites is 1. The molecule has 0 unspecified atom stereocenters. The Labute approximate surface area is 157 Å². The van der Waals surface area contributed by atoms with Gasteiger partial charge in [0.2, 0.25) is 5.76 Å². The van der Waals surface area contributed by atoms with Crippen molar-refractivity contribution in [3.05, 3.63) is 87.7 Å². The van der Waals surface area contributed by atoms with Crippen LogP contribution in [0.25, 0.3) is 4.96 Å². The van der Waals surface area contributed by atoms with Gasteiger partial charge in [-0.05, 0) is 18.2 Å². The number of carbonyl (C=O) groups is 1. The van der Waals surface area contributed by atoms with Crippen LogP contribution in [0.15, 0.2) is 69.5 Å². The molecule has 0 saturated carbocycles. The lowest BCUT2D eigenvalue weighted by Crippen LogP contribution is -2.15. The van der Waals surface area contributed by atoms with Crippen LogP contribution in [0.1, 0.15) is 21.8 Å². The molecule has 0 bridgehead atoms. The highest BCUT2D eigenvalue weighted by Gasteiger charge is 2.18. The number of aromatic nitrogens is 2. The summed E-state index contributed by atoms with van der Waals surface area (Å²) in [5.41, 5.74) is 0.734. The van der Waals surface area contributed by atoms with Gasteiger partial charge in [-0.3, -0.25) is 9.20 Å². The summed E-state index contributed by atoms with van der Waals surface area (Å²) in [4.78, 5) is 29.1. The third-order valence-electron chi connectivity index (χ3n) is 3.78. The zero-order valence-corrected chi connectivity index (χ0v) is 14.8. The van der Waals surface area contributed by atoms with Crippen LogP contribution in [0.5, 0.6) is 5.75 Å². The lowest BCUT2D eigenvalue weighted by molar-refractivity contribution is 0.0427. The van der Waals surface area contributed by atoms with Crippen molar-refractivity contribution in [3.63, 3.8) is 0 Å². The van der Waals surface area contributed by atoms with Gasteiger partial charge in [0.05, 0.1) is 12.0 Å². The van der Waals surface area contributed by atoms with Crippen LogP contribution >= 0.6 is 11.3 Å². The molecular formula is C19H14N2O5S. The fourth-order valence-electron chi connectivity index (χ4n) is 2.47. The van der Waals surface area contributed by atoms with E-state index in [1.165, 1.54) is 28.1 Å². The SMILES string of the molecule is O=C(OCc1cc(=O)n2ccsc2n1)c1occc1COc1ccccc1. The van der Waals surface area contributed by atoms with E-state index >= 15 is 0 Å². The zero-order valence-electron chi connectivity index (χ0n) is 14.0. The maximum absolute atomic E-state index is 12.3. The van der Waals surface area contributed by atoms with Gasteiger partial charge in [-0.15, -0.1) is 11.3 Å². The van der Waals surface area contributed by atoms with Gasteiger partial charge in [-0.25, -0.2) is 9.78 Å². The van der Waals surface area contributed by atoms with Gasteiger partial charge < -0.3 is 13.9 Å². The van der Waals surface area contributed by atoms with Crippen LogP contribution in [-0.4, -0.2) is 15.4 Å². The van der Waals surface area contributed by atoms with Crippen LogP contribution < -0.4 is 10.3 Å². The molecule has 0 radical (unpaired) electrons. The van der Waals surface area contributed by atoms with Crippen molar-refractivity contribution in [2.24, 2.45) is 0 Å². The normalized spacial score (nSPS) is 10.8. The van der Waals surface area contributed by atoms with E-state index in [1.807, 2.05) is 30.3 Å². The first kappa shape index (κ1) is 17.0. The van der Waals surface area contributed by atoms with E-state index < -0.39 is 5.97 Å². The molecule has 4 aromatic rings. The van der Waals surface area contributed by atoms with Crippen molar-refractivity contribution >= 4 is 22.3 Å².